The van der Waals surface area contributed by atoms with Gasteiger partial charge in [-0.05, 0) is 12.1 Å². The molecule has 0 saturated carbocycles. The molecule has 84 valence electrons. The van der Waals surface area contributed by atoms with E-state index in [2.05, 4.69) is 20.7 Å². The number of benzene rings is 1. The van der Waals surface area contributed by atoms with Gasteiger partial charge in [0.05, 0.1) is 12.3 Å². The van der Waals surface area contributed by atoms with Crippen LogP contribution in [0.3, 0.4) is 0 Å². The van der Waals surface area contributed by atoms with Crippen molar-refractivity contribution in [3.63, 3.8) is 0 Å². The number of nitrogens with two attached hydrogens (primary N) is 1. The number of anilines is 1. The van der Waals surface area contributed by atoms with Crippen LogP contribution in [0.25, 0.3) is 0 Å². The van der Waals surface area contributed by atoms with Crippen LogP contribution >= 0.6 is 15.9 Å². The van der Waals surface area contributed by atoms with E-state index in [0.717, 1.165) is 6.07 Å². The number of ether oxygens (including phenoxy) is 1. The van der Waals surface area contributed by atoms with Crippen LogP contribution in [-0.4, -0.2) is 11.5 Å². The Balaban J connectivity index is 3.12. The molecule has 0 unspecified atom stereocenters. The van der Waals surface area contributed by atoms with Crippen molar-refractivity contribution in [3.05, 3.63) is 22.2 Å². The molecule has 0 radical (unpaired) electrons. The monoisotopic (exact) mass is 285 g/mol. The van der Waals surface area contributed by atoms with Crippen molar-refractivity contribution in [1.82, 2.24) is 0 Å². The summed E-state index contributed by atoms with van der Waals surface area (Å²) in [4.78, 5) is 0. The number of hydrogen-bond acceptors (Lipinski definition) is 3. The standard InChI is InChI=1S/C8H7BrF3NO2/c9-5-1-4(3-14)7(13)6(2-5)15-8(10,11)12/h1-2,14H,3,13H2. The van der Waals surface area contributed by atoms with Gasteiger partial charge in [-0.25, -0.2) is 0 Å². The quantitative estimate of drug-likeness (QED) is 0.821. The zero-order chi connectivity index (χ0) is 11.6. The average Bonchev–Trinajstić information content (AvgIpc) is 2.08. The lowest BCUT2D eigenvalue weighted by molar-refractivity contribution is -0.274. The molecule has 1 rings (SSSR count). The number of nitrogen functional groups attached to an aromatic ring is 1. The molecule has 0 saturated heterocycles. The van der Waals surface area contributed by atoms with Crippen molar-refractivity contribution in [2.75, 3.05) is 5.73 Å². The second kappa shape index (κ2) is 4.28. The second-order valence-corrected chi connectivity index (χ2v) is 3.60. The first kappa shape index (κ1) is 12.1. The molecule has 0 bridgehead atoms. The van der Waals surface area contributed by atoms with E-state index in [1.165, 1.54) is 6.07 Å². The van der Waals surface area contributed by atoms with E-state index < -0.39 is 18.7 Å². The van der Waals surface area contributed by atoms with Gasteiger partial charge < -0.3 is 15.6 Å². The van der Waals surface area contributed by atoms with Gasteiger partial charge in [0.15, 0.2) is 5.75 Å². The van der Waals surface area contributed by atoms with Crippen molar-refractivity contribution in [2.24, 2.45) is 0 Å². The highest BCUT2D eigenvalue weighted by molar-refractivity contribution is 9.10. The maximum atomic E-state index is 11.9. The summed E-state index contributed by atoms with van der Waals surface area (Å²) in [6, 6.07) is 2.50. The largest absolute Gasteiger partial charge is 0.573 e. The summed E-state index contributed by atoms with van der Waals surface area (Å²) in [5.74, 6) is -0.527. The smallest absolute Gasteiger partial charge is 0.404 e. The number of hydrogen-bond donors (Lipinski definition) is 2. The Hall–Kier alpha value is -0.950. The van der Waals surface area contributed by atoms with Gasteiger partial charge in [-0.3, -0.25) is 0 Å². The van der Waals surface area contributed by atoms with Gasteiger partial charge in [-0.1, -0.05) is 15.9 Å². The Kier molecular flexibility index (Phi) is 3.46. The van der Waals surface area contributed by atoms with Gasteiger partial charge in [0, 0.05) is 10.0 Å². The van der Waals surface area contributed by atoms with Crippen molar-refractivity contribution >= 4 is 21.6 Å². The van der Waals surface area contributed by atoms with Crippen LogP contribution in [0.2, 0.25) is 0 Å². The highest BCUT2D eigenvalue weighted by Gasteiger charge is 2.32. The molecular weight excluding hydrogens is 279 g/mol. The predicted molar refractivity (Wildman–Crippen MR) is 51.2 cm³/mol. The maximum Gasteiger partial charge on any atom is 0.573 e. The Morgan fingerprint density at radius 1 is 1.40 bits per heavy atom. The van der Waals surface area contributed by atoms with Crippen LogP contribution in [0.4, 0.5) is 18.9 Å². The summed E-state index contributed by atoms with van der Waals surface area (Å²) in [6.07, 6.45) is -4.80. The van der Waals surface area contributed by atoms with Gasteiger partial charge in [-0.15, -0.1) is 13.2 Å². The van der Waals surface area contributed by atoms with E-state index in [9.17, 15) is 13.2 Å². The van der Waals surface area contributed by atoms with Gasteiger partial charge >= 0.3 is 6.36 Å². The van der Waals surface area contributed by atoms with E-state index in [0.29, 0.717) is 4.47 Å². The topological polar surface area (TPSA) is 55.5 Å². The number of aliphatic hydroxyl groups excluding tert-OH is 1. The third-order valence-corrected chi connectivity index (χ3v) is 2.05. The molecule has 15 heavy (non-hydrogen) atoms. The lowest BCUT2D eigenvalue weighted by atomic mass is 10.2. The highest BCUT2D eigenvalue weighted by atomic mass is 79.9. The molecule has 0 aromatic heterocycles. The molecule has 0 aliphatic heterocycles. The Morgan fingerprint density at radius 3 is 2.47 bits per heavy atom. The summed E-state index contributed by atoms with van der Waals surface area (Å²) in [5.41, 5.74) is 5.31. The van der Waals surface area contributed by atoms with E-state index in [4.69, 9.17) is 10.8 Å². The first-order chi connectivity index (χ1) is 6.83. The van der Waals surface area contributed by atoms with Crippen molar-refractivity contribution < 1.29 is 23.0 Å². The van der Waals surface area contributed by atoms with Gasteiger partial charge in [0.2, 0.25) is 0 Å². The van der Waals surface area contributed by atoms with Gasteiger partial charge in [0.25, 0.3) is 0 Å². The summed E-state index contributed by atoms with van der Waals surface area (Å²) < 4.78 is 39.8. The zero-order valence-corrected chi connectivity index (χ0v) is 8.89. The number of aliphatic hydroxyl groups is 1. The minimum Gasteiger partial charge on any atom is -0.404 e. The minimum absolute atomic E-state index is 0.170. The third-order valence-electron chi connectivity index (χ3n) is 1.59. The highest BCUT2D eigenvalue weighted by Crippen LogP contribution is 2.33. The van der Waals surface area contributed by atoms with Crippen LogP contribution in [0, 0.1) is 0 Å². The molecule has 3 nitrogen and oxygen atoms in total. The van der Waals surface area contributed by atoms with Gasteiger partial charge in [-0.2, -0.15) is 0 Å². The molecule has 1 aromatic carbocycles. The first-order valence-corrected chi connectivity index (χ1v) is 4.57. The summed E-state index contributed by atoms with van der Waals surface area (Å²) in [6.45, 7) is -0.459. The summed E-state index contributed by atoms with van der Waals surface area (Å²) >= 11 is 2.98. The van der Waals surface area contributed by atoms with Crippen LogP contribution in [-0.2, 0) is 6.61 Å². The van der Waals surface area contributed by atoms with E-state index in [1.54, 1.807) is 0 Å². The lowest BCUT2D eigenvalue weighted by Crippen LogP contribution is -2.18. The fraction of sp³-hybridized carbons (Fsp3) is 0.250. The van der Waals surface area contributed by atoms with E-state index >= 15 is 0 Å². The van der Waals surface area contributed by atoms with Gasteiger partial charge in [0.1, 0.15) is 0 Å². The molecule has 0 amide bonds. The number of alkyl halides is 3. The van der Waals surface area contributed by atoms with Crippen LogP contribution in [0.5, 0.6) is 5.75 Å². The molecule has 7 heteroatoms. The Morgan fingerprint density at radius 2 is 2.00 bits per heavy atom. The fourth-order valence-electron chi connectivity index (χ4n) is 0.987. The fourth-order valence-corrected chi connectivity index (χ4v) is 1.47. The molecule has 1 aromatic rings. The summed E-state index contributed by atoms with van der Waals surface area (Å²) in [7, 11) is 0. The Labute approximate surface area is 91.8 Å². The van der Waals surface area contributed by atoms with E-state index in [1.807, 2.05) is 0 Å². The molecule has 0 atom stereocenters. The van der Waals surface area contributed by atoms with Crippen LogP contribution < -0.4 is 10.5 Å². The van der Waals surface area contributed by atoms with Crippen LogP contribution in [0.1, 0.15) is 5.56 Å². The molecular formula is C8H7BrF3NO2. The molecule has 3 N–H and O–H groups in total. The maximum absolute atomic E-state index is 11.9. The molecule has 0 heterocycles. The molecule has 0 aliphatic rings. The summed E-state index contributed by atoms with van der Waals surface area (Å²) in [5, 5.41) is 8.83. The Bertz CT molecular complexity index is 368. The normalized spacial score (nSPS) is 11.5. The molecule has 0 spiro atoms. The second-order valence-electron chi connectivity index (χ2n) is 2.68. The van der Waals surface area contributed by atoms with Crippen molar-refractivity contribution in [2.45, 2.75) is 13.0 Å². The average molecular weight is 286 g/mol. The number of rotatable bonds is 2. The minimum atomic E-state index is -4.80. The zero-order valence-electron chi connectivity index (χ0n) is 7.31. The van der Waals surface area contributed by atoms with E-state index in [-0.39, 0.29) is 11.3 Å². The van der Waals surface area contributed by atoms with Crippen LogP contribution in [0.15, 0.2) is 16.6 Å². The first-order valence-electron chi connectivity index (χ1n) is 3.78. The lowest BCUT2D eigenvalue weighted by Gasteiger charge is -2.13. The van der Waals surface area contributed by atoms with Crippen molar-refractivity contribution in [3.8, 4) is 5.75 Å². The SMILES string of the molecule is Nc1c(CO)cc(Br)cc1OC(F)(F)F. The predicted octanol–water partition coefficient (Wildman–Crippen LogP) is 2.42. The number of halogens is 4. The third kappa shape index (κ3) is 3.28. The van der Waals surface area contributed by atoms with Crippen molar-refractivity contribution in [1.29, 1.82) is 0 Å². The molecule has 0 fully saturated rings. The molecule has 0 aliphatic carbocycles.